The Kier molecular flexibility index (Phi) is 7.88. The standard InChI is InChI=1S/C28H26O6/c1-18-4-10-21(11-5-18)28(24(31)14-8-19-6-12-22(29)26(16-19)33-2)25(32)15-9-20-7-13-23(30)27(17-20)34-3/h4-17,28-30H,1-3H3/b14-8+,15-9+. The quantitative estimate of drug-likeness (QED) is 0.343. The smallest absolute Gasteiger partial charge is 0.170 e. The van der Waals surface area contributed by atoms with Crippen molar-refractivity contribution in [2.24, 2.45) is 0 Å². The number of carbonyl (C=O) groups excluding carboxylic acids is 2. The molecule has 0 atom stereocenters. The van der Waals surface area contributed by atoms with Crippen molar-refractivity contribution in [2.75, 3.05) is 14.2 Å². The van der Waals surface area contributed by atoms with Crippen molar-refractivity contribution >= 4 is 23.7 Å². The maximum absolute atomic E-state index is 13.1. The van der Waals surface area contributed by atoms with Crippen LogP contribution >= 0.6 is 0 Å². The summed E-state index contributed by atoms with van der Waals surface area (Å²) in [6, 6.07) is 16.7. The topological polar surface area (TPSA) is 93.1 Å². The minimum Gasteiger partial charge on any atom is -0.504 e. The Morgan fingerprint density at radius 1 is 0.735 bits per heavy atom. The average molecular weight is 459 g/mol. The first-order chi connectivity index (χ1) is 16.3. The Morgan fingerprint density at radius 3 is 1.59 bits per heavy atom. The van der Waals surface area contributed by atoms with Crippen LogP contribution < -0.4 is 9.47 Å². The second kappa shape index (κ2) is 11.0. The molecule has 0 amide bonds. The van der Waals surface area contributed by atoms with Crippen LogP contribution in [0.25, 0.3) is 12.2 Å². The van der Waals surface area contributed by atoms with Gasteiger partial charge in [0.05, 0.1) is 14.2 Å². The van der Waals surface area contributed by atoms with Gasteiger partial charge in [0, 0.05) is 0 Å². The van der Waals surface area contributed by atoms with E-state index in [4.69, 9.17) is 9.47 Å². The third kappa shape index (κ3) is 5.92. The molecule has 0 aliphatic heterocycles. The molecule has 0 aliphatic carbocycles. The van der Waals surface area contributed by atoms with Crippen LogP contribution in [0.5, 0.6) is 23.0 Å². The van der Waals surface area contributed by atoms with Crippen LogP contribution in [0.1, 0.15) is 28.2 Å². The number of phenolic OH excluding ortho intramolecular Hbond substituents is 2. The Hall–Kier alpha value is -4.32. The lowest BCUT2D eigenvalue weighted by molar-refractivity contribution is -0.124. The zero-order chi connectivity index (χ0) is 24.7. The van der Waals surface area contributed by atoms with E-state index in [9.17, 15) is 19.8 Å². The van der Waals surface area contributed by atoms with Gasteiger partial charge < -0.3 is 19.7 Å². The van der Waals surface area contributed by atoms with Crippen molar-refractivity contribution in [1.82, 2.24) is 0 Å². The van der Waals surface area contributed by atoms with Gasteiger partial charge in [-0.3, -0.25) is 9.59 Å². The van der Waals surface area contributed by atoms with Crippen LogP contribution in [0.4, 0.5) is 0 Å². The predicted octanol–water partition coefficient (Wildman–Crippen LogP) is 5.07. The number of allylic oxidation sites excluding steroid dienone is 2. The fourth-order valence-corrected chi connectivity index (χ4v) is 3.37. The molecule has 0 heterocycles. The van der Waals surface area contributed by atoms with E-state index in [1.807, 2.05) is 19.1 Å². The lowest BCUT2D eigenvalue weighted by atomic mass is 9.89. The van der Waals surface area contributed by atoms with E-state index >= 15 is 0 Å². The summed E-state index contributed by atoms with van der Waals surface area (Å²) in [5.41, 5.74) is 2.89. The number of rotatable bonds is 9. The molecule has 0 spiro atoms. The highest BCUT2D eigenvalue weighted by molar-refractivity contribution is 6.17. The number of benzene rings is 3. The number of aromatic hydroxyl groups is 2. The lowest BCUT2D eigenvalue weighted by Crippen LogP contribution is -2.19. The number of methoxy groups -OCH3 is 2. The van der Waals surface area contributed by atoms with Gasteiger partial charge in [-0.25, -0.2) is 0 Å². The molecule has 0 aromatic heterocycles. The normalized spacial score (nSPS) is 11.3. The van der Waals surface area contributed by atoms with E-state index in [0.29, 0.717) is 16.7 Å². The van der Waals surface area contributed by atoms with E-state index in [1.165, 1.54) is 38.5 Å². The molecule has 0 saturated heterocycles. The first-order valence-electron chi connectivity index (χ1n) is 10.6. The number of aryl methyl sites for hydroxylation is 1. The molecule has 6 nitrogen and oxygen atoms in total. The van der Waals surface area contributed by atoms with Crippen LogP contribution in [0, 0.1) is 6.92 Å². The summed E-state index contributed by atoms with van der Waals surface area (Å²) >= 11 is 0. The van der Waals surface area contributed by atoms with Crippen molar-refractivity contribution in [1.29, 1.82) is 0 Å². The second-order valence-corrected chi connectivity index (χ2v) is 7.68. The summed E-state index contributed by atoms with van der Waals surface area (Å²) in [6.07, 6.45) is 5.86. The molecular formula is C28H26O6. The number of hydrogen-bond donors (Lipinski definition) is 2. The van der Waals surface area contributed by atoms with E-state index < -0.39 is 5.92 Å². The fourth-order valence-electron chi connectivity index (χ4n) is 3.37. The van der Waals surface area contributed by atoms with Gasteiger partial charge in [-0.05, 0) is 60.0 Å². The molecular weight excluding hydrogens is 432 g/mol. The molecule has 3 aromatic carbocycles. The first-order valence-corrected chi connectivity index (χ1v) is 10.6. The summed E-state index contributed by atoms with van der Waals surface area (Å²) in [5, 5.41) is 19.5. The molecule has 0 radical (unpaired) electrons. The maximum Gasteiger partial charge on any atom is 0.170 e. The third-order valence-electron chi connectivity index (χ3n) is 5.27. The van der Waals surface area contributed by atoms with Gasteiger partial charge in [0.25, 0.3) is 0 Å². The lowest BCUT2D eigenvalue weighted by Gasteiger charge is -2.12. The molecule has 0 saturated carbocycles. The highest BCUT2D eigenvalue weighted by Crippen LogP contribution is 2.28. The van der Waals surface area contributed by atoms with Gasteiger partial charge in [-0.2, -0.15) is 0 Å². The van der Waals surface area contributed by atoms with Gasteiger partial charge in [0.2, 0.25) is 0 Å². The van der Waals surface area contributed by atoms with Crippen LogP contribution in [0.3, 0.4) is 0 Å². The van der Waals surface area contributed by atoms with E-state index in [0.717, 1.165) is 5.56 Å². The van der Waals surface area contributed by atoms with Crippen molar-refractivity contribution in [2.45, 2.75) is 12.8 Å². The number of ketones is 2. The van der Waals surface area contributed by atoms with Gasteiger partial charge in [-0.1, -0.05) is 54.1 Å². The van der Waals surface area contributed by atoms with Crippen molar-refractivity contribution < 1.29 is 29.3 Å². The highest BCUT2D eigenvalue weighted by Gasteiger charge is 2.25. The van der Waals surface area contributed by atoms with E-state index in [1.54, 1.807) is 48.6 Å². The SMILES string of the molecule is COc1cc(/C=C/C(=O)C(C(=O)/C=C/c2ccc(O)c(OC)c2)c2ccc(C)cc2)ccc1O. The van der Waals surface area contributed by atoms with Crippen molar-refractivity contribution in [3.8, 4) is 23.0 Å². The molecule has 3 rings (SSSR count). The maximum atomic E-state index is 13.1. The predicted molar refractivity (Wildman–Crippen MR) is 131 cm³/mol. The number of ether oxygens (including phenoxy) is 2. The van der Waals surface area contributed by atoms with Crippen LogP contribution in [-0.4, -0.2) is 36.0 Å². The summed E-state index contributed by atoms with van der Waals surface area (Å²) < 4.78 is 10.2. The van der Waals surface area contributed by atoms with Gasteiger partial charge in [0.15, 0.2) is 34.6 Å². The van der Waals surface area contributed by atoms with E-state index in [-0.39, 0.29) is 34.6 Å². The van der Waals surface area contributed by atoms with Gasteiger partial charge in [0.1, 0.15) is 5.92 Å². The van der Waals surface area contributed by atoms with Crippen LogP contribution in [-0.2, 0) is 9.59 Å². The van der Waals surface area contributed by atoms with Crippen LogP contribution in [0.15, 0.2) is 72.8 Å². The van der Waals surface area contributed by atoms with Crippen molar-refractivity contribution in [3.05, 3.63) is 95.1 Å². The molecule has 0 aliphatic rings. The first kappa shape index (κ1) is 24.3. The molecule has 0 fully saturated rings. The monoisotopic (exact) mass is 458 g/mol. The minimum absolute atomic E-state index is 0.00492. The Morgan fingerprint density at radius 2 is 1.18 bits per heavy atom. The largest absolute Gasteiger partial charge is 0.504 e. The zero-order valence-electron chi connectivity index (χ0n) is 19.2. The summed E-state index contributed by atoms with van der Waals surface area (Å²) in [5.74, 6) is -1.22. The molecule has 2 N–H and O–H groups in total. The van der Waals surface area contributed by atoms with E-state index in [2.05, 4.69) is 0 Å². The number of carbonyl (C=O) groups is 2. The molecule has 3 aromatic rings. The zero-order valence-corrected chi connectivity index (χ0v) is 19.2. The van der Waals surface area contributed by atoms with Crippen LogP contribution in [0.2, 0.25) is 0 Å². The molecule has 6 heteroatoms. The number of hydrogen-bond acceptors (Lipinski definition) is 6. The minimum atomic E-state index is -1.02. The average Bonchev–Trinajstić information content (AvgIpc) is 2.84. The summed E-state index contributed by atoms with van der Waals surface area (Å²) in [4.78, 5) is 26.3. The van der Waals surface area contributed by atoms with Gasteiger partial charge in [-0.15, -0.1) is 0 Å². The second-order valence-electron chi connectivity index (χ2n) is 7.68. The van der Waals surface area contributed by atoms with Crippen molar-refractivity contribution in [3.63, 3.8) is 0 Å². The fraction of sp³-hybridized carbons (Fsp3) is 0.143. The Labute approximate surface area is 198 Å². The highest BCUT2D eigenvalue weighted by atomic mass is 16.5. The summed E-state index contributed by atoms with van der Waals surface area (Å²) in [7, 11) is 2.88. The molecule has 0 bridgehead atoms. The van der Waals surface area contributed by atoms with Gasteiger partial charge >= 0.3 is 0 Å². The third-order valence-corrected chi connectivity index (χ3v) is 5.27. The molecule has 0 unspecified atom stereocenters. The Balaban J connectivity index is 1.89. The molecule has 174 valence electrons. The molecule has 34 heavy (non-hydrogen) atoms. The summed E-state index contributed by atoms with van der Waals surface area (Å²) in [6.45, 7) is 1.93. The Bertz CT molecular complexity index is 1160. The number of phenols is 2.